The molecule has 0 aromatic carbocycles. The van der Waals surface area contributed by atoms with Gasteiger partial charge < -0.3 is 5.43 Å². The van der Waals surface area contributed by atoms with E-state index >= 15 is 0 Å². The molecular formula is C12H18N4. The van der Waals surface area contributed by atoms with Gasteiger partial charge in [0.25, 0.3) is 0 Å². The summed E-state index contributed by atoms with van der Waals surface area (Å²) in [6.45, 7) is 4.08. The molecule has 1 aromatic rings. The zero-order valence-corrected chi connectivity index (χ0v) is 10.3. The lowest BCUT2D eigenvalue weighted by molar-refractivity contribution is 0.490. The van der Waals surface area contributed by atoms with Crippen LogP contribution in [0.15, 0.2) is 0 Å². The van der Waals surface area contributed by atoms with Crippen molar-refractivity contribution in [3.8, 4) is 0 Å². The first-order valence-corrected chi connectivity index (χ1v) is 5.56. The zero-order valence-electron chi connectivity index (χ0n) is 10.3. The van der Waals surface area contributed by atoms with Gasteiger partial charge in [-0.05, 0) is 32.3 Å². The van der Waals surface area contributed by atoms with Gasteiger partial charge in [0.15, 0.2) is 5.82 Å². The van der Waals surface area contributed by atoms with E-state index in [2.05, 4.69) is 28.4 Å². The van der Waals surface area contributed by atoms with Gasteiger partial charge in [-0.2, -0.15) is 0 Å². The Kier molecular flexibility index (Phi) is 2.92. The maximum Gasteiger partial charge on any atom is 0.151 e. The Labute approximate surface area is 95.7 Å². The van der Waals surface area contributed by atoms with Crippen molar-refractivity contribution in [2.45, 2.75) is 26.7 Å². The van der Waals surface area contributed by atoms with Gasteiger partial charge in [-0.15, -0.1) is 0 Å². The molecule has 0 radical (unpaired) electrons. The zero-order chi connectivity index (χ0) is 11.7. The summed E-state index contributed by atoms with van der Waals surface area (Å²) < 4.78 is 0. The van der Waals surface area contributed by atoms with Crippen LogP contribution in [0.3, 0.4) is 0 Å². The summed E-state index contributed by atoms with van der Waals surface area (Å²) >= 11 is 0. The van der Waals surface area contributed by atoms with E-state index in [0.717, 1.165) is 35.1 Å². The average molecular weight is 218 g/mol. The minimum absolute atomic E-state index is 0.817. The summed E-state index contributed by atoms with van der Waals surface area (Å²) in [6.07, 6.45) is 4.39. The van der Waals surface area contributed by atoms with Crippen LogP contribution in [0.1, 0.15) is 25.6 Å². The molecular weight excluding hydrogens is 200 g/mol. The molecule has 16 heavy (non-hydrogen) atoms. The van der Waals surface area contributed by atoms with E-state index in [9.17, 15) is 0 Å². The third-order valence-corrected chi connectivity index (χ3v) is 2.66. The predicted molar refractivity (Wildman–Crippen MR) is 66.1 cm³/mol. The lowest BCUT2D eigenvalue weighted by atomic mass is 10.1. The van der Waals surface area contributed by atoms with Crippen LogP contribution in [0.4, 0.5) is 5.82 Å². The molecule has 4 nitrogen and oxygen atoms in total. The molecule has 0 unspecified atom stereocenters. The Morgan fingerprint density at radius 1 is 1.25 bits per heavy atom. The summed E-state index contributed by atoms with van der Waals surface area (Å²) in [5.74, 6) is 1.73. The smallest absolute Gasteiger partial charge is 0.151 e. The molecule has 0 fully saturated rings. The van der Waals surface area contributed by atoms with E-state index in [1.54, 1.807) is 0 Å². The van der Waals surface area contributed by atoms with Crippen molar-refractivity contribution in [3.05, 3.63) is 16.4 Å². The molecule has 0 spiro atoms. The maximum absolute atomic E-state index is 4.52. The molecule has 0 aliphatic heterocycles. The largest absolute Gasteiger partial charge is 0.303 e. The van der Waals surface area contributed by atoms with Crippen molar-refractivity contribution in [2.24, 2.45) is 0 Å². The van der Waals surface area contributed by atoms with Crippen molar-refractivity contribution >= 4 is 17.5 Å². The molecule has 0 bridgehead atoms. The van der Waals surface area contributed by atoms with Gasteiger partial charge >= 0.3 is 0 Å². The Morgan fingerprint density at radius 3 is 2.69 bits per heavy atom. The van der Waals surface area contributed by atoms with Gasteiger partial charge in [0, 0.05) is 19.3 Å². The molecule has 1 heterocycles. The number of hydrazine groups is 1. The minimum atomic E-state index is 0.817. The van der Waals surface area contributed by atoms with Crippen molar-refractivity contribution < 1.29 is 0 Å². The number of fused-ring (bicyclic) bond motifs is 1. The Hall–Kier alpha value is -1.42. The topological polar surface area (TPSA) is 41.1 Å². The summed E-state index contributed by atoms with van der Waals surface area (Å²) in [4.78, 5) is 8.98. The predicted octanol–water partition coefficient (Wildman–Crippen LogP) is 0.418. The second-order valence-electron chi connectivity index (χ2n) is 4.41. The van der Waals surface area contributed by atoms with Crippen LogP contribution in [-0.2, 0) is 0 Å². The third-order valence-electron chi connectivity index (χ3n) is 2.66. The number of nitrogens with zero attached hydrogens (tertiary/aromatic N) is 3. The summed E-state index contributed by atoms with van der Waals surface area (Å²) in [6, 6.07) is 0. The third kappa shape index (κ3) is 2.07. The standard InChI is InChI=1S/C12H18N4/c1-8-6-5-7-10-11(8)13-9(2)14-12(10)15-16(3)4/h7H,5-6H2,1-4H3,(H,13,14,15). The minimum Gasteiger partial charge on any atom is -0.303 e. The van der Waals surface area contributed by atoms with E-state index in [4.69, 9.17) is 0 Å². The summed E-state index contributed by atoms with van der Waals surface area (Å²) in [5.41, 5.74) is 4.58. The fourth-order valence-electron chi connectivity index (χ4n) is 1.95. The SMILES string of the molecule is CC1=c2nc(C)nc(NN(C)C)c2=CCC1. The second kappa shape index (κ2) is 4.22. The van der Waals surface area contributed by atoms with E-state index in [-0.39, 0.29) is 0 Å². The lowest BCUT2D eigenvalue weighted by Gasteiger charge is -2.15. The first kappa shape index (κ1) is 11.1. The van der Waals surface area contributed by atoms with Gasteiger partial charge in [-0.1, -0.05) is 6.08 Å². The normalized spacial score (nSPS) is 14.7. The highest BCUT2D eigenvalue weighted by atomic mass is 15.5. The average Bonchev–Trinajstić information content (AvgIpc) is 2.18. The van der Waals surface area contributed by atoms with E-state index in [1.807, 2.05) is 26.0 Å². The van der Waals surface area contributed by atoms with Gasteiger partial charge in [-0.25, -0.2) is 15.0 Å². The number of hydrogen-bond acceptors (Lipinski definition) is 4. The molecule has 0 atom stereocenters. The number of aryl methyl sites for hydroxylation is 1. The Balaban J connectivity index is 2.68. The molecule has 1 aromatic heterocycles. The second-order valence-corrected chi connectivity index (χ2v) is 4.41. The highest BCUT2D eigenvalue weighted by Gasteiger charge is 2.08. The molecule has 1 aliphatic carbocycles. The Bertz CT molecular complexity index is 517. The van der Waals surface area contributed by atoms with Gasteiger partial charge in [0.1, 0.15) is 5.82 Å². The van der Waals surface area contributed by atoms with E-state index in [1.165, 1.54) is 5.57 Å². The molecule has 1 aliphatic rings. The quantitative estimate of drug-likeness (QED) is 0.730. The molecule has 2 rings (SSSR count). The summed E-state index contributed by atoms with van der Waals surface area (Å²) in [5, 5.41) is 4.14. The number of rotatable bonds is 2. The molecule has 0 amide bonds. The molecule has 1 N–H and O–H groups in total. The Morgan fingerprint density at radius 2 is 2.00 bits per heavy atom. The molecule has 0 saturated heterocycles. The van der Waals surface area contributed by atoms with Gasteiger partial charge in [0.2, 0.25) is 0 Å². The highest BCUT2D eigenvalue weighted by molar-refractivity contribution is 5.53. The lowest BCUT2D eigenvalue weighted by Crippen LogP contribution is -2.38. The van der Waals surface area contributed by atoms with Crippen molar-refractivity contribution in [3.63, 3.8) is 0 Å². The van der Waals surface area contributed by atoms with E-state index in [0.29, 0.717) is 0 Å². The first-order valence-electron chi connectivity index (χ1n) is 5.56. The first-order chi connectivity index (χ1) is 7.58. The number of aromatic nitrogens is 2. The fraction of sp³-hybridized carbons (Fsp3) is 0.500. The van der Waals surface area contributed by atoms with Crippen LogP contribution in [0.5, 0.6) is 0 Å². The van der Waals surface area contributed by atoms with Crippen molar-refractivity contribution in [1.29, 1.82) is 0 Å². The molecule has 86 valence electrons. The van der Waals surface area contributed by atoms with Crippen molar-refractivity contribution in [2.75, 3.05) is 19.5 Å². The van der Waals surface area contributed by atoms with Crippen LogP contribution < -0.4 is 16.0 Å². The van der Waals surface area contributed by atoms with Crippen molar-refractivity contribution in [1.82, 2.24) is 15.0 Å². The number of anilines is 1. The number of hydrogen-bond donors (Lipinski definition) is 1. The van der Waals surface area contributed by atoms with E-state index < -0.39 is 0 Å². The monoisotopic (exact) mass is 218 g/mol. The molecule has 4 heteroatoms. The van der Waals surface area contributed by atoms with Crippen LogP contribution in [0.25, 0.3) is 11.6 Å². The highest BCUT2D eigenvalue weighted by Crippen LogP contribution is 2.07. The number of nitrogens with one attached hydrogen (secondary N) is 1. The van der Waals surface area contributed by atoms with Crippen LogP contribution >= 0.6 is 0 Å². The summed E-state index contributed by atoms with van der Waals surface area (Å²) in [7, 11) is 3.92. The van der Waals surface area contributed by atoms with Crippen LogP contribution in [-0.4, -0.2) is 29.1 Å². The molecule has 0 saturated carbocycles. The van der Waals surface area contributed by atoms with Gasteiger partial charge in [0.05, 0.1) is 5.35 Å². The van der Waals surface area contributed by atoms with Crippen LogP contribution in [0.2, 0.25) is 0 Å². The maximum atomic E-state index is 4.52. The fourth-order valence-corrected chi connectivity index (χ4v) is 1.95. The van der Waals surface area contributed by atoms with Gasteiger partial charge in [-0.3, -0.25) is 0 Å². The van der Waals surface area contributed by atoms with Crippen LogP contribution in [0, 0.1) is 6.92 Å².